The third-order valence-corrected chi connectivity index (χ3v) is 8.13. The van der Waals surface area contributed by atoms with Crippen LogP contribution in [0, 0.1) is 11.2 Å². The van der Waals surface area contributed by atoms with E-state index in [2.05, 4.69) is 14.9 Å². The SMILES string of the molecule is N[C@@H]1c2c(F)ccn2CC12CCN(c1cnc(Sc3cccc(Cl)c3Cl)cn1)CC2. The highest BCUT2D eigenvalue weighted by Gasteiger charge is 2.47. The lowest BCUT2D eigenvalue weighted by Crippen LogP contribution is -2.45. The fourth-order valence-corrected chi connectivity index (χ4v) is 5.76. The summed E-state index contributed by atoms with van der Waals surface area (Å²) in [6.07, 6.45) is 7.14. The molecule has 0 aliphatic carbocycles. The summed E-state index contributed by atoms with van der Waals surface area (Å²) in [7, 11) is 0. The van der Waals surface area contributed by atoms with Crippen LogP contribution in [0.25, 0.3) is 0 Å². The largest absolute Gasteiger partial charge is 0.355 e. The lowest BCUT2D eigenvalue weighted by atomic mass is 9.73. The van der Waals surface area contributed by atoms with Crippen LogP contribution in [0.3, 0.4) is 0 Å². The van der Waals surface area contributed by atoms with E-state index >= 15 is 0 Å². The Morgan fingerprint density at radius 3 is 2.63 bits per heavy atom. The summed E-state index contributed by atoms with van der Waals surface area (Å²) >= 11 is 13.8. The molecule has 5 nitrogen and oxygen atoms in total. The third kappa shape index (κ3) is 3.38. The maximum Gasteiger partial charge on any atom is 0.147 e. The predicted molar refractivity (Wildman–Crippen MR) is 118 cm³/mol. The molecule has 1 aromatic carbocycles. The van der Waals surface area contributed by atoms with Crippen LogP contribution in [0.15, 0.2) is 52.8 Å². The summed E-state index contributed by atoms with van der Waals surface area (Å²) in [6, 6.07) is 6.76. The van der Waals surface area contributed by atoms with Crippen LogP contribution in [0.5, 0.6) is 0 Å². The third-order valence-electron chi connectivity index (χ3n) is 6.22. The summed E-state index contributed by atoms with van der Waals surface area (Å²) in [5.74, 6) is 0.643. The lowest BCUT2D eigenvalue weighted by Gasteiger charge is -2.41. The van der Waals surface area contributed by atoms with Gasteiger partial charge in [-0.25, -0.2) is 14.4 Å². The van der Waals surface area contributed by atoms with Gasteiger partial charge in [0.2, 0.25) is 0 Å². The molecule has 0 bridgehead atoms. The minimum absolute atomic E-state index is 0.0829. The number of nitrogens with two attached hydrogens (primary N) is 1. The topological polar surface area (TPSA) is 60.0 Å². The smallest absolute Gasteiger partial charge is 0.147 e. The van der Waals surface area contributed by atoms with E-state index in [0.29, 0.717) is 15.7 Å². The fourth-order valence-electron chi connectivity index (χ4n) is 4.50. The molecular formula is C21H20Cl2FN5S. The molecule has 9 heteroatoms. The van der Waals surface area contributed by atoms with Crippen molar-refractivity contribution in [2.45, 2.75) is 35.3 Å². The molecule has 156 valence electrons. The van der Waals surface area contributed by atoms with Gasteiger partial charge in [0, 0.05) is 36.1 Å². The van der Waals surface area contributed by atoms with Gasteiger partial charge in [0.1, 0.15) is 16.7 Å². The summed E-state index contributed by atoms with van der Waals surface area (Å²) in [5, 5.41) is 1.79. The van der Waals surface area contributed by atoms with Crippen molar-refractivity contribution in [3.05, 3.63) is 64.4 Å². The number of anilines is 1. The second-order valence-corrected chi connectivity index (χ2v) is 9.72. The maximum atomic E-state index is 14.1. The Kier molecular flexibility index (Phi) is 5.17. The Balaban J connectivity index is 1.25. The van der Waals surface area contributed by atoms with E-state index in [4.69, 9.17) is 28.9 Å². The first-order valence-electron chi connectivity index (χ1n) is 9.76. The normalized spacial score (nSPS) is 20.0. The van der Waals surface area contributed by atoms with Gasteiger partial charge in [-0.05, 0) is 31.0 Å². The highest BCUT2D eigenvalue weighted by Crippen LogP contribution is 2.49. The van der Waals surface area contributed by atoms with Crippen LogP contribution in [0.1, 0.15) is 24.6 Å². The molecule has 1 spiro atoms. The van der Waals surface area contributed by atoms with Gasteiger partial charge in [-0.15, -0.1) is 0 Å². The van der Waals surface area contributed by atoms with Crippen molar-refractivity contribution in [3.8, 4) is 0 Å². The van der Waals surface area contributed by atoms with Crippen molar-refractivity contribution in [1.82, 2.24) is 14.5 Å². The quantitative estimate of drug-likeness (QED) is 0.579. The number of nitrogens with zero attached hydrogens (tertiary/aromatic N) is 4. The Bertz CT molecular complexity index is 1080. The van der Waals surface area contributed by atoms with Crippen molar-refractivity contribution in [2.24, 2.45) is 11.1 Å². The molecule has 0 amide bonds. The molecule has 1 saturated heterocycles. The zero-order chi connectivity index (χ0) is 20.9. The second-order valence-electron chi connectivity index (χ2n) is 7.87. The van der Waals surface area contributed by atoms with E-state index in [1.165, 1.54) is 17.8 Å². The van der Waals surface area contributed by atoms with E-state index in [1.54, 1.807) is 24.7 Å². The average Bonchev–Trinajstić information content (AvgIpc) is 3.24. The van der Waals surface area contributed by atoms with Crippen molar-refractivity contribution < 1.29 is 4.39 Å². The Labute approximate surface area is 188 Å². The van der Waals surface area contributed by atoms with E-state index in [9.17, 15) is 4.39 Å². The van der Waals surface area contributed by atoms with Crippen molar-refractivity contribution in [2.75, 3.05) is 18.0 Å². The van der Waals surface area contributed by atoms with Gasteiger partial charge < -0.3 is 15.2 Å². The van der Waals surface area contributed by atoms with E-state index in [1.807, 2.05) is 16.7 Å². The number of benzene rings is 1. The molecule has 2 aliphatic heterocycles. The number of hydrogen-bond donors (Lipinski definition) is 1. The molecule has 3 aromatic rings. The minimum Gasteiger partial charge on any atom is -0.355 e. The van der Waals surface area contributed by atoms with Crippen molar-refractivity contribution >= 4 is 40.8 Å². The molecule has 2 aliphatic rings. The van der Waals surface area contributed by atoms with Gasteiger partial charge in [0.25, 0.3) is 0 Å². The molecule has 5 rings (SSSR count). The van der Waals surface area contributed by atoms with E-state index in [0.717, 1.165) is 48.2 Å². The highest BCUT2D eigenvalue weighted by atomic mass is 35.5. The van der Waals surface area contributed by atoms with Gasteiger partial charge in [0.15, 0.2) is 0 Å². The number of halogens is 3. The van der Waals surface area contributed by atoms with Crippen LogP contribution in [-0.4, -0.2) is 27.6 Å². The first-order valence-corrected chi connectivity index (χ1v) is 11.3. The molecule has 4 heterocycles. The summed E-state index contributed by atoms with van der Waals surface area (Å²) in [5.41, 5.74) is 7.03. The Morgan fingerprint density at radius 1 is 1.13 bits per heavy atom. The lowest BCUT2D eigenvalue weighted by molar-refractivity contribution is 0.173. The zero-order valence-corrected chi connectivity index (χ0v) is 18.4. The monoisotopic (exact) mass is 463 g/mol. The number of aromatic nitrogens is 3. The molecule has 1 atom stereocenters. The zero-order valence-electron chi connectivity index (χ0n) is 16.1. The van der Waals surface area contributed by atoms with Gasteiger partial charge in [-0.3, -0.25) is 0 Å². The number of fused-ring (bicyclic) bond motifs is 1. The fraction of sp³-hybridized carbons (Fsp3) is 0.333. The van der Waals surface area contributed by atoms with Gasteiger partial charge in [-0.1, -0.05) is 41.0 Å². The molecule has 0 saturated carbocycles. The molecule has 0 radical (unpaired) electrons. The molecule has 0 unspecified atom stereocenters. The summed E-state index contributed by atoms with van der Waals surface area (Å²) in [6.45, 7) is 2.42. The van der Waals surface area contributed by atoms with E-state index < -0.39 is 0 Å². The van der Waals surface area contributed by atoms with Crippen LogP contribution < -0.4 is 10.6 Å². The van der Waals surface area contributed by atoms with Crippen molar-refractivity contribution in [1.29, 1.82) is 0 Å². The molecule has 2 N–H and O–H groups in total. The number of hydrogen-bond acceptors (Lipinski definition) is 5. The van der Waals surface area contributed by atoms with Crippen LogP contribution in [-0.2, 0) is 6.54 Å². The molecular weight excluding hydrogens is 444 g/mol. The summed E-state index contributed by atoms with van der Waals surface area (Å²) < 4.78 is 16.0. The van der Waals surface area contributed by atoms with Gasteiger partial charge in [0.05, 0.1) is 34.2 Å². The minimum atomic E-state index is -0.262. The average molecular weight is 464 g/mol. The maximum absolute atomic E-state index is 14.1. The molecule has 1 fully saturated rings. The Morgan fingerprint density at radius 2 is 1.93 bits per heavy atom. The van der Waals surface area contributed by atoms with Gasteiger partial charge in [-0.2, -0.15) is 0 Å². The first kappa shape index (κ1) is 20.1. The standard InChI is InChI=1S/C21H20Cl2FN5S/c22-13-2-1-3-15(18(13)23)30-17-11-26-16(10-27-17)28-8-5-21(6-9-28)12-29-7-4-14(24)19(29)20(21)25/h1-4,7,10-11,20H,5-6,8-9,12,25H2/t20-/m1/s1. The highest BCUT2D eigenvalue weighted by molar-refractivity contribution is 7.99. The number of rotatable bonds is 3. The second kappa shape index (κ2) is 7.71. The predicted octanol–water partition coefficient (Wildman–Crippen LogP) is 5.18. The number of piperidine rings is 1. The first-order chi connectivity index (χ1) is 14.5. The van der Waals surface area contributed by atoms with Crippen molar-refractivity contribution in [3.63, 3.8) is 0 Å². The van der Waals surface area contributed by atoms with Crippen LogP contribution in [0.2, 0.25) is 10.0 Å². The van der Waals surface area contributed by atoms with E-state index in [-0.39, 0.29) is 17.3 Å². The van der Waals surface area contributed by atoms with Crippen LogP contribution >= 0.6 is 35.0 Å². The summed E-state index contributed by atoms with van der Waals surface area (Å²) in [4.78, 5) is 12.2. The molecule has 2 aromatic heterocycles. The Hall–Kier alpha value is -1.80. The van der Waals surface area contributed by atoms with Crippen LogP contribution in [0.4, 0.5) is 10.2 Å². The van der Waals surface area contributed by atoms with Gasteiger partial charge >= 0.3 is 0 Å². The molecule has 30 heavy (non-hydrogen) atoms.